The van der Waals surface area contributed by atoms with E-state index < -0.39 is 5.54 Å². The van der Waals surface area contributed by atoms with Crippen LogP contribution < -0.4 is 10.1 Å². The molecular weight excluding hydrogens is 500 g/mol. The Balaban J connectivity index is 1.30. The van der Waals surface area contributed by atoms with E-state index >= 15 is 0 Å². The fourth-order valence-corrected chi connectivity index (χ4v) is 5.46. The first-order chi connectivity index (χ1) is 16.4. The molecule has 34 heavy (non-hydrogen) atoms. The Morgan fingerprint density at radius 2 is 1.85 bits per heavy atom. The Kier molecular flexibility index (Phi) is 6.55. The van der Waals surface area contributed by atoms with Crippen molar-refractivity contribution in [1.29, 1.82) is 0 Å². The average Bonchev–Trinajstić information content (AvgIpc) is 3.30. The Morgan fingerprint density at radius 3 is 2.56 bits per heavy atom. The fraction of sp³-hybridized carbons (Fsp3) is 0.423. The first kappa shape index (κ1) is 23.2. The molecule has 2 saturated heterocycles. The molecule has 1 N–H and O–H groups in total. The number of ether oxygens (including phenoxy) is 2. The summed E-state index contributed by atoms with van der Waals surface area (Å²) in [6, 6.07) is 13.0. The van der Waals surface area contributed by atoms with E-state index in [1.165, 1.54) is 0 Å². The van der Waals surface area contributed by atoms with Gasteiger partial charge in [0.05, 0.1) is 19.6 Å². The summed E-state index contributed by atoms with van der Waals surface area (Å²) in [6.45, 7) is 4.75. The number of hydrogen-bond donors (Lipinski definition) is 1. The van der Waals surface area contributed by atoms with Crippen LogP contribution >= 0.6 is 15.9 Å². The normalized spacial score (nSPS) is 24.9. The second kappa shape index (κ2) is 9.60. The summed E-state index contributed by atoms with van der Waals surface area (Å²) in [5.74, 6) is -0.110. The van der Waals surface area contributed by atoms with E-state index in [9.17, 15) is 14.4 Å². The number of carbonyl (C=O) groups excluding carboxylic acids is 3. The number of halogens is 1. The van der Waals surface area contributed by atoms with Crippen molar-refractivity contribution < 1.29 is 23.9 Å². The maximum Gasteiger partial charge on any atom is 0.228 e. The highest BCUT2D eigenvalue weighted by molar-refractivity contribution is 9.10. The van der Waals surface area contributed by atoms with Gasteiger partial charge in [-0.2, -0.15) is 0 Å². The zero-order chi connectivity index (χ0) is 23.7. The van der Waals surface area contributed by atoms with Gasteiger partial charge >= 0.3 is 0 Å². The maximum absolute atomic E-state index is 13.2. The van der Waals surface area contributed by atoms with Crippen LogP contribution in [0.15, 0.2) is 46.9 Å². The second-order valence-electron chi connectivity index (χ2n) is 9.15. The van der Waals surface area contributed by atoms with Crippen LogP contribution in [0.25, 0.3) is 0 Å². The molecule has 2 atom stereocenters. The standard InChI is InChI=1S/C26H27BrN2O5/c27-20-3-1-19(2-4-20)26(23(30)15-24(31)28-26)16-18-13-17-14-21(5-6-22(17)25(18)32)34-12-9-29-7-10-33-11-8-29/h1-6,14,18H,7-13,15-16H2,(H,28,31)/t18?,26-/m0/s1. The van der Waals surface area contributed by atoms with Crippen LogP contribution in [0.4, 0.5) is 0 Å². The SMILES string of the molecule is O=C1CC(=O)[C@](CC2Cc3cc(OCCN4CCOCC4)ccc3C2=O)(c2ccc(Br)cc2)N1. The molecule has 1 aliphatic carbocycles. The van der Waals surface area contributed by atoms with Gasteiger partial charge in [-0.15, -0.1) is 0 Å². The zero-order valence-corrected chi connectivity index (χ0v) is 20.4. The lowest BCUT2D eigenvalue weighted by atomic mass is 9.78. The molecule has 3 aliphatic rings. The fourth-order valence-electron chi connectivity index (χ4n) is 5.20. The molecule has 8 heteroatoms. The van der Waals surface area contributed by atoms with Gasteiger partial charge in [0.2, 0.25) is 5.91 Å². The Hall–Kier alpha value is -2.55. The number of hydrogen-bond acceptors (Lipinski definition) is 6. The number of nitrogens with zero attached hydrogens (tertiary/aromatic N) is 1. The van der Waals surface area contributed by atoms with Crippen LogP contribution in [0.2, 0.25) is 0 Å². The maximum atomic E-state index is 13.2. The number of benzene rings is 2. The van der Waals surface area contributed by atoms with Gasteiger partial charge in [-0.1, -0.05) is 28.1 Å². The number of fused-ring (bicyclic) bond motifs is 1. The lowest BCUT2D eigenvalue weighted by Gasteiger charge is -2.30. The predicted octanol–water partition coefficient (Wildman–Crippen LogP) is 2.89. The average molecular weight is 527 g/mol. The van der Waals surface area contributed by atoms with E-state index in [1.807, 2.05) is 42.5 Å². The lowest BCUT2D eigenvalue weighted by Crippen LogP contribution is -2.45. The van der Waals surface area contributed by atoms with E-state index in [1.54, 1.807) is 0 Å². The summed E-state index contributed by atoms with van der Waals surface area (Å²) in [7, 11) is 0. The minimum atomic E-state index is -1.17. The quantitative estimate of drug-likeness (QED) is 0.558. The zero-order valence-electron chi connectivity index (χ0n) is 18.8. The molecule has 7 nitrogen and oxygen atoms in total. The van der Waals surface area contributed by atoms with Crippen molar-refractivity contribution in [2.45, 2.75) is 24.8 Å². The monoisotopic (exact) mass is 526 g/mol. The largest absolute Gasteiger partial charge is 0.492 e. The molecule has 1 unspecified atom stereocenters. The molecule has 2 aromatic carbocycles. The van der Waals surface area contributed by atoms with Crippen molar-refractivity contribution in [2.75, 3.05) is 39.5 Å². The van der Waals surface area contributed by atoms with Gasteiger partial charge in [0, 0.05) is 35.6 Å². The molecular formula is C26H27BrN2O5. The van der Waals surface area contributed by atoms with Gasteiger partial charge in [-0.05, 0) is 54.3 Å². The van der Waals surface area contributed by atoms with Gasteiger partial charge < -0.3 is 14.8 Å². The summed E-state index contributed by atoms with van der Waals surface area (Å²) in [5.41, 5.74) is 1.15. The second-order valence-corrected chi connectivity index (χ2v) is 10.1. The van der Waals surface area contributed by atoms with E-state index in [0.29, 0.717) is 24.2 Å². The molecule has 0 spiro atoms. The number of ketones is 2. The highest BCUT2D eigenvalue weighted by atomic mass is 79.9. The van der Waals surface area contributed by atoms with Gasteiger partial charge in [0.15, 0.2) is 11.6 Å². The van der Waals surface area contributed by atoms with Crippen LogP contribution in [0.1, 0.15) is 34.3 Å². The van der Waals surface area contributed by atoms with Crippen molar-refractivity contribution >= 4 is 33.4 Å². The first-order valence-corrected chi connectivity index (χ1v) is 12.4. The molecule has 2 heterocycles. The van der Waals surface area contributed by atoms with E-state index in [4.69, 9.17) is 9.47 Å². The number of rotatable bonds is 7. The molecule has 2 aromatic rings. The van der Waals surface area contributed by atoms with Crippen molar-refractivity contribution in [1.82, 2.24) is 10.2 Å². The molecule has 0 bridgehead atoms. The van der Waals surface area contributed by atoms with Crippen LogP contribution in [0.3, 0.4) is 0 Å². The third-order valence-electron chi connectivity index (χ3n) is 7.00. The van der Waals surface area contributed by atoms with Gasteiger partial charge in [0.25, 0.3) is 0 Å². The van der Waals surface area contributed by atoms with Crippen LogP contribution in [-0.4, -0.2) is 61.8 Å². The van der Waals surface area contributed by atoms with Crippen LogP contribution in [-0.2, 0) is 26.3 Å². The minimum absolute atomic E-state index is 0.0142. The van der Waals surface area contributed by atoms with E-state index in [0.717, 1.165) is 48.6 Å². The predicted molar refractivity (Wildman–Crippen MR) is 129 cm³/mol. The smallest absolute Gasteiger partial charge is 0.228 e. The first-order valence-electron chi connectivity index (χ1n) is 11.6. The van der Waals surface area contributed by atoms with E-state index in [-0.39, 0.29) is 36.2 Å². The Bertz CT molecular complexity index is 1110. The summed E-state index contributed by atoms with van der Waals surface area (Å²) in [6.07, 6.45) is 0.612. The lowest BCUT2D eigenvalue weighted by molar-refractivity contribution is -0.123. The van der Waals surface area contributed by atoms with Crippen molar-refractivity contribution in [2.24, 2.45) is 5.92 Å². The summed E-state index contributed by atoms with van der Waals surface area (Å²) in [4.78, 5) is 40.8. The summed E-state index contributed by atoms with van der Waals surface area (Å²) in [5, 5.41) is 2.90. The topological polar surface area (TPSA) is 84.9 Å². The van der Waals surface area contributed by atoms with Crippen molar-refractivity contribution in [3.05, 3.63) is 63.6 Å². The van der Waals surface area contributed by atoms with Crippen LogP contribution in [0, 0.1) is 5.92 Å². The molecule has 5 rings (SSSR count). The minimum Gasteiger partial charge on any atom is -0.492 e. The molecule has 178 valence electrons. The number of Topliss-reactive ketones (excluding diaryl/α,β-unsaturated/α-hetero) is 2. The highest BCUT2D eigenvalue weighted by Crippen LogP contribution is 2.40. The van der Waals surface area contributed by atoms with Gasteiger partial charge in [-0.25, -0.2) is 0 Å². The highest BCUT2D eigenvalue weighted by Gasteiger charge is 2.50. The Morgan fingerprint density at radius 1 is 1.09 bits per heavy atom. The van der Waals surface area contributed by atoms with E-state index in [2.05, 4.69) is 26.1 Å². The molecule has 2 aliphatic heterocycles. The third kappa shape index (κ3) is 4.54. The summed E-state index contributed by atoms with van der Waals surface area (Å²) >= 11 is 3.42. The number of nitrogens with one attached hydrogen (secondary N) is 1. The molecule has 0 aromatic heterocycles. The molecule has 0 saturated carbocycles. The van der Waals surface area contributed by atoms with Crippen molar-refractivity contribution in [3.63, 3.8) is 0 Å². The third-order valence-corrected chi connectivity index (χ3v) is 7.53. The molecule has 1 amide bonds. The molecule has 2 fully saturated rings. The number of carbonyl (C=O) groups is 3. The molecule has 0 radical (unpaired) electrons. The summed E-state index contributed by atoms with van der Waals surface area (Å²) < 4.78 is 12.2. The van der Waals surface area contributed by atoms with Crippen LogP contribution in [0.5, 0.6) is 5.75 Å². The number of amides is 1. The van der Waals surface area contributed by atoms with Gasteiger partial charge in [-0.3, -0.25) is 19.3 Å². The number of morpholine rings is 1. The van der Waals surface area contributed by atoms with Crippen molar-refractivity contribution in [3.8, 4) is 5.75 Å². The Labute approximate surface area is 206 Å². The van der Waals surface area contributed by atoms with Gasteiger partial charge in [0.1, 0.15) is 17.9 Å².